The Labute approximate surface area is 195 Å². The van der Waals surface area contributed by atoms with Gasteiger partial charge in [0, 0.05) is 16.4 Å². The van der Waals surface area contributed by atoms with Crippen LogP contribution in [0.25, 0.3) is 0 Å². The van der Waals surface area contributed by atoms with Gasteiger partial charge in [-0.2, -0.15) is 0 Å². The summed E-state index contributed by atoms with van der Waals surface area (Å²) in [5, 5.41) is 6.07. The summed E-state index contributed by atoms with van der Waals surface area (Å²) in [6.07, 6.45) is 6.28. The van der Waals surface area contributed by atoms with E-state index < -0.39 is 16.8 Å². The molecule has 0 aromatic heterocycles. The molecule has 4 atom stereocenters. The van der Waals surface area contributed by atoms with Gasteiger partial charge < -0.3 is 15.5 Å². The maximum absolute atomic E-state index is 13.6. The van der Waals surface area contributed by atoms with Crippen molar-refractivity contribution in [3.8, 4) is 0 Å². The summed E-state index contributed by atoms with van der Waals surface area (Å²) in [5.41, 5.74) is 1.64. The predicted octanol–water partition coefficient (Wildman–Crippen LogP) is 4.01. The zero-order valence-electron chi connectivity index (χ0n) is 19.5. The Balaban J connectivity index is 1.53. The van der Waals surface area contributed by atoms with Gasteiger partial charge in [0.1, 0.15) is 17.5 Å². The smallest absolute Gasteiger partial charge is 0.256 e. The van der Waals surface area contributed by atoms with Crippen molar-refractivity contribution in [3.63, 3.8) is 0 Å². The van der Waals surface area contributed by atoms with E-state index in [1.165, 1.54) is 6.42 Å². The number of carbonyl (C=O) groups is 3. The molecule has 174 valence electrons. The van der Waals surface area contributed by atoms with Gasteiger partial charge in [0.25, 0.3) is 5.91 Å². The van der Waals surface area contributed by atoms with Gasteiger partial charge in [0.2, 0.25) is 11.8 Å². The number of hydrogen-bond acceptors (Lipinski definition) is 4. The molecule has 0 bridgehead atoms. The van der Waals surface area contributed by atoms with Gasteiger partial charge in [-0.25, -0.2) is 0 Å². The molecule has 2 fully saturated rings. The minimum atomic E-state index is -0.633. The Morgan fingerprint density at radius 3 is 2.56 bits per heavy atom. The van der Waals surface area contributed by atoms with E-state index in [4.69, 9.17) is 0 Å². The molecule has 1 aliphatic carbocycles. The third-order valence-electron chi connectivity index (χ3n) is 7.29. The van der Waals surface area contributed by atoms with Crippen LogP contribution in [0.3, 0.4) is 0 Å². The Bertz CT molecular complexity index is 896. The highest BCUT2D eigenvalue weighted by Gasteiger charge is 2.57. The highest BCUT2D eigenvalue weighted by atomic mass is 32.2. The molecule has 1 saturated carbocycles. The molecule has 1 saturated heterocycles. The zero-order chi connectivity index (χ0) is 23.0. The number of nitrogens with one attached hydrogen (secondary N) is 2. The van der Waals surface area contributed by atoms with Crippen molar-refractivity contribution in [3.05, 3.63) is 35.4 Å². The first-order valence-corrected chi connectivity index (χ1v) is 12.8. The first-order chi connectivity index (χ1) is 15.2. The average Bonchev–Trinajstić information content (AvgIpc) is 3.21. The molecule has 32 heavy (non-hydrogen) atoms. The molecule has 0 spiro atoms. The third kappa shape index (κ3) is 4.16. The fourth-order valence-corrected chi connectivity index (χ4v) is 6.87. The lowest BCUT2D eigenvalue weighted by atomic mass is 9.93. The molecule has 3 amide bonds. The molecular formula is C25H35N3O3S. The van der Waals surface area contributed by atoms with Crippen LogP contribution in [0.2, 0.25) is 0 Å². The molecule has 1 aromatic rings. The van der Waals surface area contributed by atoms with Crippen molar-refractivity contribution >= 4 is 29.5 Å². The zero-order valence-corrected chi connectivity index (χ0v) is 20.3. The summed E-state index contributed by atoms with van der Waals surface area (Å²) in [4.78, 5) is 41.7. The number of hydrogen-bond donors (Lipinski definition) is 2. The topological polar surface area (TPSA) is 78.5 Å². The molecule has 2 aliphatic heterocycles. The molecule has 1 unspecified atom stereocenters. The molecule has 7 heteroatoms. The third-order valence-corrected chi connectivity index (χ3v) is 8.82. The van der Waals surface area contributed by atoms with Crippen LogP contribution in [0, 0.1) is 5.92 Å². The summed E-state index contributed by atoms with van der Waals surface area (Å²) in [5.74, 6) is -0.441. The summed E-state index contributed by atoms with van der Waals surface area (Å²) < 4.78 is -0.461. The van der Waals surface area contributed by atoms with E-state index in [1.807, 2.05) is 52.0 Å². The van der Waals surface area contributed by atoms with Gasteiger partial charge in [-0.3, -0.25) is 14.4 Å². The van der Waals surface area contributed by atoms with E-state index in [1.54, 1.807) is 16.7 Å². The van der Waals surface area contributed by atoms with Crippen molar-refractivity contribution in [2.24, 2.45) is 5.92 Å². The second-order valence-corrected chi connectivity index (χ2v) is 11.7. The standard InChI is InChI=1S/C25H35N3O3S/c1-5-15(2)19(21(29)26-16-11-7-6-8-12-16)27-22(30)20-25(3,4)32-24-18-14-10-9-13-17(18)23(31)28(20)24/h9-10,13-16,19-20,24H,5-8,11-12H2,1-4H3,(H,26,29)(H,27,30)/t15-,19+,20+,24?/m0/s1. The normalized spacial score (nSPS) is 26.2. The summed E-state index contributed by atoms with van der Waals surface area (Å²) in [7, 11) is 0. The molecule has 3 aliphatic rings. The molecule has 6 nitrogen and oxygen atoms in total. The predicted molar refractivity (Wildman–Crippen MR) is 127 cm³/mol. The molecule has 4 rings (SSSR count). The van der Waals surface area contributed by atoms with Gasteiger partial charge in [-0.1, -0.05) is 57.7 Å². The van der Waals surface area contributed by atoms with Crippen LogP contribution < -0.4 is 10.6 Å². The maximum atomic E-state index is 13.6. The SMILES string of the molecule is CC[C@H](C)[C@@H](NC(=O)[C@H]1N2C(=O)c3ccccc3C2SC1(C)C)C(=O)NC1CCCCC1. The Morgan fingerprint density at radius 2 is 1.88 bits per heavy atom. The highest BCUT2D eigenvalue weighted by molar-refractivity contribution is 8.01. The number of carbonyl (C=O) groups excluding carboxylic acids is 3. The van der Waals surface area contributed by atoms with Crippen molar-refractivity contribution < 1.29 is 14.4 Å². The van der Waals surface area contributed by atoms with E-state index in [-0.39, 0.29) is 35.1 Å². The van der Waals surface area contributed by atoms with Crippen LogP contribution in [-0.2, 0) is 9.59 Å². The maximum Gasteiger partial charge on any atom is 0.256 e. The van der Waals surface area contributed by atoms with Gasteiger partial charge in [0.15, 0.2) is 0 Å². The van der Waals surface area contributed by atoms with Crippen LogP contribution in [0.5, 0.6) is 0 Å². The van der Waals surface area contributed by atoms with E-state index in [0.29, 0.717) is 5.56 Å². The van der Waals surface area contributed by atoms with Crippen molar-refractivity contribution in [2.45, 2.75) is 94.5 Å². The van der Waals surface area contributed by atoms with Crippen molar-refractivity contribution in [1.82, 2.24) is 15.5 Å². The number of benzene rings is 1. The van der Waals surface area contributed by atoms with Crippen LogP contribution in [-0.4, -0.2) is 45.5 Å². The van der Waals surface area contributed by atoms with Crippen molar-refractivity contribution in [1.29, 1.82) is 0 Å². The average molecular weight is 458 g/mol. The monoisotopic (exact) mass is 457 g/mol. The lowest BCUT2D eigenvalue weighted by Crippen LogP contribution is -2.59. The largest absolute Gasteiger partial charge is 0.352 e. The second kappa shape index (κ2) is 9.08. The lowest BCUT2D eigenvalue weighted by molar-refractivity contribution is -0.133. The number of amides is 3. The highest BCUT2D eigenvalue weighted by Crippen LogP contribution is 2.56. The molecule has 2 N–H and O–H groups in total. The Hall–Kier alpha value is -2.02. The number of thioether (sulfide) groups is 1. The number of rotatable bonds is 6. The number of fused-ring (bicyclic) bond motifs is 3. The number of nitrogens with zero attached hydrogens (tertiary/aromatic N) is 1. The van der Waals surface area contributed by atoms with Crippen LogP contribution in [0.15, 0.2) is 24.3 Å². The van der Waals surface area contributed by atoms with E-state index in [2.05, 4.69) is 10.6 Å². The van der Waals surface area contributed by atoms with Gasteiger partial charge in [-0.05, 0) is 44.2 Å². The molecule has 0 radical (unpaired) electrons. The van der Waals surface area contributed by atoms with Crippen molar-refractivity contribution in [2.75, 3.05) is 0 Å². The van der Waals surface area contributed by atoms with Crippen LogP contribution >= 0.6 is 11.8 Å². The fraction of sp³-hybridized carbons (Fsp3) is 0.640. The van der Waals surface area contributed by atoms with Crippen LogP contribution in [0.4, 0.5) is 0 Å². The summed E-state index contributed by atoms with van der Waals surface area (Å²) in [6, 6.07) is 6.56. The first-order valence-electron chi connectivity index (χ1n) is 11.9. The van der Waals surface area contributed by atoms with Crippen LogP contribution in [0.1, 0.15) is 87.5 Å². The minimum absolute atomic E-state index is 0.00184. The first kappa shape index (κ1) is 23.1. The Kier molecular flexibility index (Phi) is 6.57. The summed E-state index contributed by atoms with van der Waals surface area (Å²) >= 11 is 1.64. The van der Waals surface area contributed by atoms with E-state index >= 15 is 0 Å². The lowest BCUT2D eigenvalue weighted by Gasteiger charge is -2.33. The molecular weight excluding hydrogens is 422 g/mol. The van der Waals surface area contributed by atoms with E-state index in [9.17, 15) is 14.4 Å². The van der Waals surface area contributed by atoms with Gasteiger partial charge in [0.05, 0.1) is 0 Å². The minimum Gasteiger partial charge on any atom is -0.352 e. The summed E-state index contributed by atoms with van der Waals surface area (Å²) in [6.45, 7) is 8.05. The quantitative estimate of drug-likeness (QED) is 0.676. The Morgan fingerprint density at radius 1 is 1.19 bits per heavy atom. The fourth-order valence-electron chi connectivity index (χ4n) is 5.28. The van der Waals surface area contributed by atoms with E-state index in [0.717, 1.165) is 37.7 Å². The second-order valence-electron chi connectivity index (χ2n) is 9.99. The molecule has 1 aromatic carbocycles. The van der Waals surface area contributed by atoms with Gasteiger partial charge >= 0.3 is 0 Å². The molecule has 2 heterocycles. The van der Waals surface area contributed by atoms with Gasteiger partial charge in [-0.15, -0.1) is 11.8 Å².